The van der Waals surface area contributed by atoms with E-state index in [0.717, 1.165) is 0 Å². The number of carboxylic acids is 1. The summed E-state index contributed by atoms with van der Waals surface area (Å²) < 4.78 is 18.5. The largest absolute Gasteiger partial charge is 0.488 e. The number of carboxylic acid groups (broad SMARTS) is 1. The van der Waals surface area contributed by atoms with Crippen LogP contribution < -0.4 is 4.74 Å². The number of likely N-dealkylation sites (tertiary alicyclic amines) is 1. The fraction of sp³-hybridized carbons (Fsp3) is 0.467. The van der Waals surface area contributed by atoms with Gasteiger partial charge in [-0.05, 0) is 24.3 Å². The summed E-state index contributed by atoms with van der Waals surface area (Å²) in [6.07, 6.45) is -0.222. The quantitative estimate of drug-likeness (QED) is 0.810. The van der Waals surface area contributed by atoms with Crippen molar-refractivity contribution in [1.29, 1.82) is 0 Å². The molecule has 22 heavy (non-hydrogen) atoms. The number of carbonyl (C=O) groups excluding carboxylic acids is 1. The maximum Gasteiger partial charge on any atom is 0.326 e. The van der Waals surface area contributed by atoms with E-state index in [2.05, 4.69) is 12.6 Å². The number of rotatable bonds is 5. The van der Waals surface area contributed by atoms with Crippen LogP contribution in [0.2, 0.25) is 0 Å². The topological polar surface area (TPSA) is 66.8 Å². The average Bonchev–Trinajstić information content (AvgIpc) is 2.92. The highest BCUT2D eigenvalue weighted by Gasteiger charge is 2.41. The van der Waals surface area contributed by atoms with Crippen molar-refractivity contribution >= 4 is 24.5 Å². The van der Waals surface area contributed by atoms with Crippen LogP contribution in [0.4, 0.5) is 4.39 Å². The van der Waals surface area contributed by atoms with Gasteiger partial charge < -0.3 is 14.7 Å². The Balaban J connectivity index is 2.08. The van der Waals surface area contributed by atoms with Gasteiger partial charge in [-0.1, -0.05) is 6.92 Å². The molecular weight excluding hydrogens is 309 g/mol. The molecule has 1 aromatic carbocycles. The average molecular weight is 327 g/mol. The van der Waals surface area contributed by atoms with Crippen molar-refractivity contribution in [3.05, 3.63) is 30.1 Å². The van der Waals surface area contributed by atoms with Gasteiger partial charge in [0.15, 0.2) is 0 Å². The van der Waals surface area contributed by atoms with E-state index < -0.39 is 18.1 Å². The molecule has 1 heterocycles. The number of carbonyl (C=O) groups is 2. The van der Waals surface area contributed by atoms with E-state index >= 15 is 0 Å². The zero-order valence-electron chi connectivity index (χ0n) is 12.1. The predicted octanol–water partition coefficient (Wildman–Crippen LogP) is 1.82. The Kier molecular flexibility index (Phi) is 5.28. The van der Waals surface area contributed by atoms with E-state index in [1.54, 1.807) is 6.92 Å². The monoisotopic (exact) mass is 327 g/mol. The first-order chi connectivity index (χ1) is 10.4. The highest BCUT2D eigenvalue weighted by molar-refractivity contribution is 7.80. The minimum absolute atomic E-state index is 0.200. The summed E-state index contributed by atoms with van der Waals surface area (Å²) in [4.78, 5) is 24.9. The summed E-state index contributed by atoms with van der Waals surface area (Å²) in [6, 6.07) is 4.59. The van der Waals surface area contributed by atoms with Crippen LogP contribution in [-0.4, -0.2) is 46.3 Å². The normalized spacial score (nSPS) is 22.4. The van der Waals surface area contributed by atoms with E-state index in [-0.39, 0.29) is 30.6 Å². The Bertz CT molecular complexity index is 551. The van der Waals surface area contributed by atoms with E-state index in [1.165, 1.54) is 29.2 Å². The smallest absolute Gasteiger partial charge is 0.326 e. The fourth-order valence-corrected chi connectivity index (χ4v) is 2.58. The van der Waals surface area contributed by atoms with Crippen molar-refractivity contribution in [2.45, 2.75) is 25.5 Å². The number of ether oxygens (including phenoxy) is 1. The Hall–Kier alpha value is -1.76. The number of amides is 1. The second-order valence-electron chi connectivity index (χ2n) is 5.36. The molecule has 0 aliphatic carbocycles. The van der Waals surface area contributed by atoms with Crippen molar-refractivity contribution in [2.75, 3.05) is 12.3 Å². The molecule has 5 nitrogen and oxygen atoms in total. The van der Waals surface area contributed by atoms with Crippen LogP contribution in [0.3, 0.4) is 0 Å². The molecule has 1 saturated heterocycles. The molecule has 1 aliphatic heterocycles. The highest BCUT2D eigenvalue weighted by atomic mass is 32.1. The Morgan fingerprint density at radius 3 is 2.64 bits per heavy atom. The fourth-order valence-electron chi connectivity index (χ4n) is 2.43. The number of aliphatic carboxylic acids is 1. The Labute approximate surface area is 133 Å². The summed E-state index contributed by atoms with van der Waals surface area (Å²) in [5.74, 6) is -1.22. The molecule has 2 rings (SSSR count). The molecule has 0 saturated carbocycles. The zero-order chi connectivity index (χ0) is 16.3. The minimum atomic E-state index is -1.05. The first kappa shape index (κ1) is 16.6. The van der Waals surface area contributed by atoms with Crippen molar-refractivity contribution in [3.8, 4) is 5.75 Å². The van der Waals surface area contributed by atoms with Gasteiger partial charge in [-0.25, -0.2) is 9.18 Å². The van der Waals surface area contributed by atoms with Crippen molar-refractivity contribution < 1.29 is 23.8 Å². The lowest BCUT2D eigenvalue weighted by molar-refractivity contribution is -0.149. The Morgan fingerprint density at radius 1 is 1.45 bits per heavy atom. The molecule has 0 radical (unpaired) electrons. The predicted molar refractivity (Wildman–Crippen MR) is 81.6 cm³/mol. The Morgan fingerprint density at radius 2 is 2.09 bits per heavy atom. The van der Waals surface area contributed by atoms with Gasteiger partial charge in [0.2, 0.25) is 5.91 Å². The summed E-state index contributed by atoms with van der Waals surface area (Å²) in [5.41, 5.74) is 0. The molecule has 2 unspecified atom stereocenters. The minimum Gasteiger partial charge on any atom is -0.488 e. The molecule has 1 aromatic rings. The first-order valence-corrected chi connectivity index (χ1v) is 7.62. The van der Waals surface area contributed by atoms with Crippen LogP contribution in [0.1, 0.15) is 13.3 Å². The number of halogens is 1. The third kappa shape index (κ3) is 3.71. The van der Waals surface area contributed by atoms with Gasteiger partial charge in [0, 0.05) is 18.1 Å². The molecule has 7 heteroatoms. The second-order valence-corrected chi connectivity index (χ2v) is 5.72. The van der Waals surface area contributed by atoms with Crippen LogP contribution in [0.15, 0.2) is 24.3 Å². The number of benzene rings is 1. The van der Waals surface area contributed by atoms with Gasteiger partial charge >= 0.3 is 5.97 Å². The van der Waals surface area contributed by atoms with Crippen LogP contribution in [-0.2, 0) is 9.59 Å². The SMILES string of the molecule is CC(CS)C(=O)N1CC(Oc2ccc(F)cc2)C[C@H]1C(=O)O. The van der Waals surface area contributed by atoms with Gasteiger partial charge in [0.05, 0.1) is 6.54 Å². The van der Waals surface area contributed by atoms with E-state index in [0.29, 0.717) is 11.5 Å². The third-order valence-corrected chi connectivity index (χ3v) is 4.19. The number of hydrogen-bond acceptors (Lipinski definition) is 4. The second kappa shape index (κ2) is 7.00. The lowest BCUT2D eigenvalue weighted by Gasteiger charge is -2.24. The molecule has 1 N–H and O–H groups in total. The van der Waals surface area contributed by atoms with E-state index in [4.69, 9.17) is 4.74 Å². The highest BCUT2D eigenvalue weighted by Crippen LogP contribution is 2.25. The maximum absolute atomic E-state index is 12.9. The van der Waals surface area contributed by atoms with Crippen molar-refractivity contribution in [3.63, 3.8) is 0 Å². The standard InChI is InChI=1S/C15H18FNO4S/c1-9(8-22)14(18)17-7-12(6-13(17)15(19)20)21-11-4-2-10(16)3-5-11/h2-5,9,12-13,22H,6-8H2,1H3,(H,19,20)/t9?,12?,13-/m0/s1. The zero-order valence-corrected chi connectivity index (χ0v) is 13.0. The maximum atomic E-state index is 12.9. The van der Waals surface area contributed by atoms with Gasteiger partial charge in [-0.15, -0.1) is 0 Å². The van der Waals surface area contributed by atoms with Crippen LogP contribution >= 0.6 is 12.6 Å². The number of thiol groups is 1. The van der Waals surface area contributed by atoms with Crippen molar-refractivity contribution in [2.24, 2.45) is 5.92 Å². The summed E-state index contributed by atoms with van der Waals surface area (Å²) >= 11 is 4.08. The summed E-state index contributed by atoms with van der Waals surface area (Å²) in [7, 11) is 0. The van der Waals surface area contributed by atoms with Crippen LogP contribution in [0.5, 0.6) is 5.75 Å². The molecule has 1 fully saturated rings. The third-order valence-electron chi connectivity index (χ3n) is 3.64. The van der Waals surface area contributed by atoms with E-state index in [1.807, 2.05) is 0 Å². The molecule has 120 valence electrons. The van der Waals surface area contributed by atoms with Gasteiger partial charge in [-0.2, -0.15) is 12.6 Å². The molecule has 0 aromatic heterocycles. The lowest BCUT2D eigenvalue weighted by atomic mass is 10.1. The molecule has 1 amide bonds. The van der Waals surface area contributed by atoms with Crippen LogP contribution in [0, 0.1) is 11.7 Å². The lowest BCUT2D eigenvalue weighted by Crippen LogP contribution is -2.43. The van der Waals surface area contributed by atoms with Crippen LogP contribution in [0.25, 0.3) is 0 Å². The molecule has 0 spiro atoms. The van der Waals surface area contributed by atoms with Gasteiger partial charge in [-0.3, -0.25) is 4.79 Å². The number of nitrogens with zero attached hydrogens (tertiary/aromatic N) is 1. The molecule has 0 bridgehead atoms. The van der Waals surface area contributed by atoms with Gasteiger partial charge in [0.25, 0.3) is 0 Å². The number of hydrogen-bond donors (Lipinski definition) is 2. The summed E-state index contributed by atoms with van der Waals surface area (Å²) in [5, 5.41) is 9.29. The molecular formula is C15H18FNO4S. The van der Waals surface area contributed by atoms with Crippen molar-refractivity contribution in [1.82, 2.24) is 4.90 Å². The first-order valence-electron chi connectivity index (χ1n) is 6.98. The summed E-state index contributed by atoms with van der Waals surface area (Å²) in [6.45, 7) is 1.91. The van der Waals surface area contributed by atoms with Gasteiger partial charge in [0.1, 0.15) is 23.7 Å². The molecule has 1 aliphatic rings. The molecule has 3 atom stereocenters. The van der Waals surface area contributed by atoms with E-state index in [9.17, 15) is 19.1 Å².